The van der Waals surface area contributed by atoms with E-state index in [1.54, 1.807) is 0 Å². The average molecular weight is 339 g/mol. The molecular weight excluding hydrogens is 312 g/mol. The molecule has 2 rings (SSSR count). The van der Waals surface area contributed by atoms with Gasteiger partial charge in [-0.1, -0.05) is 54.6 Å². The second-order valence-electron chi connectivity index (χ2n) is 6.17. The van der Waals surface area contributed by atoms with Gasteiger partial charge >= 0.3 is 0 Å². The van der Waals surface area contributed by atoms with Gasteiger partial charge in [0.25, 0.3) is 0 Å². The first-order chi connectivity index (χ1) is 9.78. The Kier molecular flexibility index (Phi) is 6.50. The summed E-state index contributed by atoms with van der Waals surface area (Å²) in [6.07, 6.45) is 10.3. The van der Waals surface area contributed by atoms with Crippen molar-refractivity contribution in [2.24, 2.45) is 5.41 Å². The summed E-state index contributed by atoms with van der Waals surface area (Å²) in [6.45, 7) is 5.55. The van der Waals surface area contributed by atoms with Crippen molar-refractivity contribution in [1.82, 2.24) is 9.88 Å². The fourth-order valence-corrected chi connectivity index (χ4v) is 4.03. The molecule has 1 aliphatic carbocycles. The van der Waals surface area contributed by atoms with Gasteiger partial charge in [-0.15, -0.1) is 0 Å². The molecule has 0 radical (unpaired) electrons. The van der Waals surface area contributed by atoms with Gasteiger partial charge in [0.1, 0.15) is 0 Å². The van der Waals surface area contributed by atoms with Crippen molar-refractivity contribution < 1.29 is 0 Å². The molecular formula is C17H27BrN2. The van der Waals surface area contributed by atoms with Gasteiger partial charge in [-0.25, -0.2) is 0 Å². The third-order valence-electron chi connectivity index (χ3n) is 4.57. The molecule has 0 atom stereocenters. The van der Waals surface area contributed by atoms with Gasteiger partial charge in [0, 0.05) is 24.6 Å². The zero-order valence-electron chi connectivity index (χ0n) is 12.7. The summed E-state index contributed by atoms with van der Waals surface area (Å²) < 4.78 is 0. The Morgan fingerprint density at radius 2 is 1.95 bits per heavy atom. The van der Waals surface area contributed by atoms with E-state index < -0.39 is 0 Å². The van der Waals surface area contributed by atoms with Crippen LogP contribution in [0.1, 0.15) is 51.1 Å². The zero-order chi connectivity index (χ0) is 14.3. The number of rotatable bonds is 6. The summed E-state index contributed by atoms with van der Waals surface area (Å²) in [7, 11) is 0. The molecule has 0 aliphatic heterocycles. The van der Waals surface area contributed by atoms with Crippen molar-refractivity contribution >= 4 is 15.9 Å². The molecule has 3 heteroatoms. The minimum absolute atomic E-state index is 0.474. The molecule has 0 amide bonds. The zero-order valence-corrected chi connectivity index (χ0v) is 14.2. The van der Waals surface area contributed by atoms with Crippen LogP contribution in [0.2, 0.25) is 0 Å². The SMILES string of the molecule is CCN(Cc1ccccn1)CC1(CBr)CCCCCC1. The second-order valence-corrected chi connectivity index (χ2v) is 6.73. The summed E-state index contributed by atoms with van der Waals surface area (Å²) in [5.41, 5.74) is 1.66. The van der Waals surface area contributed by atoms with E-state index in [1.165, 1.54) is 50.8 Å². The number of halogens is 1. The molecule has 0 N–H and O–H groups in total. The van der Waals surface area contributed by atoms with Crippen molar-refractivity contribution in [3.05, 3.63) is 30.1 Å². The first-order valence-electron chi connectivity index (χ1n) is 7.96. The Morgan fingerprint density at radius 3 is 2.50 bits per heavy atom. The van der Waals surface area contributed by atoms with E-state index in [0.29, 0.717) is 5.41 Å². The summed E-state index contributed by atoms with van der Waals surface area (Å²) in [4.78, 5) is 7.04. The standard InChI is InChI=1S/C17H27BrN2/c1-2-20(13-16-9-5-8-12-19-16)15-17(14-18)10-6-3-4-7-11-17/h5,8-9,12H,2-4,6-7,10-11,13-15H2,1H3. The highest BCUT2D eigenvalue weighted by Gasteiger charge is 2.31. The number of hydrogen-bond acceptors (Lipinski definition) is 2. The number of pyridine rings is 1. The number of hydrogen-bond donors (Lipinski definition) is 0. The average Bonchev–Trinajstić information content (AvgIpc) is 2.74. The maximum Gasteiger partial charge on any atom is 0.0543 e. The maximum atomic E-state index is 4.47. The van der Waals surface area contributed by atoms with Crippen LogP contribution in [0.4, 0.5) is 0 Å². The van der Waals surface area contributed by atoms with E-state index in [4.69, 9.17) is 0 Å². The summed E-state index contributed by atoms with van der Waals surface area (Å²) >= 11 is 3.80. The monoisotopic (exact) mass is 338 g/mol. The molecule has 112 valence electrons. The Balaban J connectivity index is 1.99. The molecule has 1 heterocycles. The first-order valence-corrected chi connectivity index (χ1v) is 9.08. The van der Waals surface area contributed by atoms with Gasteiger partial charge < -0.3 is 0 Å². The Hall–Kier alpha value is -0.410. The summed E-state index contributed by atoms with van der Waals surface area (Å²) in [6, 6.07) is 6.21. The number of aromatic nitrogens is 1. The third kappa shape index (κ3) is 4.56. The lowest BCUT2D eigenvalue weighted by Gasteiger charge is -2.36. The van der Waals surface area contributed by atoms with Gasteiger partial charge in [0.15, 0.2) is 0 Å². The van der Waals surface area contributed by atoms with Crippen molar-refractivity contribution in [2.45, 2.75) is 52.0 Å². The van der Waals surface area contributed by atoms with E-state index in [1.807, 2.05) is 12.3 Å². The molecule has 2 nitrogen and oxygen atoms in total. The van der Waals surface area contributed by atoms with Crippen LogP contribution in [0.3, 0.4) is 0 Å². The van der Waals surface area contributed by atoms with E-state index in [-0.39, 0.29) is 0 Å². The summed E-state index contributed by atoms with van der Waals surface area (Å²) in [5, 5.41) is 1.14. The van der Waals surface area contributed by atoms with Gasteiger partial charge in [-0.05, 0) is 36.9 Å². The lowest BCUT2D eigenvalue weighted by Crippen LogP contribution is -2.38. The van der Waals surface area contributed by atoms with Crippen LogP contribution in [0.5, 0.6) is 0 Å². The van der Waals surface area contributed by atoms with Gasteiger partial charge in [0.2, 0.25) is 0 Å². The smallest absolute Gasteiger partial charge is 0.0543 e. The molecule has 0 saturated heterocycles. The Bertz CT molecular complexity index is 372. The highest BCUT2D eigenvalue weighted by molar-refractivity contribution is 9.09. The lowest BCUT2D eigenvalue weighted by atomic mass is 9.82. The van der Waals surface area contributed by atoms with E-state index in [0.717, 1.165) is 18.4 Å². The summed E-state index contributed by atoms with van der Waals surface area (Å²) in [5.74, 6) is 0. The van der Waals surface area contributed by atoms with Gasteiger partial charge in [0.05, 0.1) is 5.69 Å². The number of alkyl halides is 1. The molecule has 1 aromatic heterocycles. The van der Waals surface area contributed by atoms with E-state index in [9.17, 15) is 0 Å². The maximum absolute atomic E-state index is 4.47. The van der Waals surface area contributed by atoms with Crippen molar-refractivity contribution in [1.29, 1.82) is 0 Å². The van der Waals surface area contributed by atoms with Crippen molar-refractivity contribution in [2.75, 3.05) is 18.4 Å². The molecule has 20 heavy (non-hydrogen) atoms. The fourth-order valence-electron chi connectivity index (χ4n) is 3.29. The van der Waals surface area contributed by atoms with Crippen LogP contribution in [-0.2, 0) is 6.54 Å². The predicted molar refractivity (Wildman–Crippen MR) is 89.1 cm³/mol. The fraction of sp³-hybridized carbons (Fsp3) is 0.706. The Labute approximate surface area is 132 Å². The molecule has 1 aromatic rings. The normalized spacial score (nSPS) is 18.9. The highest BCUT2D eigenvalue weighted by Crippen LogP contribution is 2.37. The first kappa shape index (κ1) is 16.0. The van der Waals surface area contributed by atoms with E-state index in [2.05, 4.69) is 44.9 Å². The quantitative estimate of drug-likeness (QED) is 0.554. The molecule has 0 bridgehead atoms. The minimum atomic E-state index is 0.474. The molecule has 0 aromatic carbocycles. The molecule has 1 saturated carbocycles. The predicted octanol–water partition coefficient (Wildman–Crippen LogP) is 4.64. The molecule has 1 fully saturated rings. The van der Waals surface area contributed by atoms with Crippen LogP contribution >= 0.6 is 15.9 Å². The Morgan fingerprint density at radius 1 is 1.20 bits per heavy atom. The molecule has 0 unspecified atom stereocenters. The van der Waals surface area contributed by atoms with Crippen molar-refractivity contribution in [3.63, 3.8) is 0 Å². The van der Waals surface area contributed by atoms with Crippen LogP contribution < -0.4 is 0 Å². The highest BCUT2D eigenvalue weighted by atomic mass is 79.9. The molecule has 1 aliphatic rings. The van der Waals surface area contributed by atoms with Crippen LogP contribution in [-0.4, -0.2) is 28.3 Å². The lowest BCUT2D eigenvalue weighted by molar-refractivity contribution is 0.149. The van der Waals surface area contributed by atoms with Gasteiger partial charge in [-0.2, -0.15) is 0 Å². The van der Waals surface area contributed by atoms with Crippen LogP contribution in [0, 0.1) is 5.41 Å². The van der Waals surface area contributed by atoms with Crippen LogP contribution in [0.15, 0.2) is 24.4 Å². The van der Waals surface area contributed by atoms with Gasteiger partial charge in [-0.3, -0.25) is 9.88 Å². The van der Waals surface area contributed by atoms with Crippen molar-refractivity contribution in [3.8, 4) is 0 Å². The molecule has 0 spiro atoms. The largest absolute Gasteiger partial charge is 0.297 e. The van der Waals surface area contributed by atoms with Crippen LogP contribution in [0.25, 0.3) is 0 Å². The number of nitrogens with zero attached hydrogens (tertiary/aromatic N) is 2. The third-order valence-corrected chi connectivity index (χ3v) is 5.76. The second kappa shape index (κ2) is 8.14. The minimum Gasteiger partial charge on any atom is -0.297 e. The van der Waals surface area contributed by atoms with E-state index >= 15 is 0 Å². The topological polar surface area (TPSA) is 16.1 Å².